The van der Waals surface area contributed by atoms with Crippen molar-refractivity contribution >= 4 is 23.4 Å². The number of aromatic nitrogens is 2. The number of benzene rings is 1. The van der Waals surface area contributed by atoms with E-state index in [1.807, 2.05) is 6.92 Å². The third kappa shape index (κ3) is 5.05. The number of nitrogens with zero attached hydrogens (tertiary/aromatic N) is 4. The minimum Gasteiger partial charge on any atom is -0.494 e. The van der Waals surface area contributed by atoms with Crippen molar-refractivity contribution in [2.45, 2.75) is 19.8 Å². The van der Waals surface area contributed by atoms with Crippen LogP contribution in [0.25, 0.3) is 0 Å². The Morgan fingerprint density at radius 3 is 2.63 bits per heavy atom. The molecular formula is C20H25F2N5O3. The van der Waals surface area contributed by atoms with Crippen molar-refractivity contribution in [1.29, 1.82) is 0 Å². The van der Waals surface area contributed by atoms with Crippen LogP contribution in [0.5, 0.6) is 5.75 Å². The molecule has 1 aliphatic rings. The Kier molecular flexibility index (Phi) is 6.86. The number of hydrogen-bond donors (Lipinski definition) is 2. The fourth-order valence-corrected chi connectivity index (χ4v) is 3.51. The number of rotatable bonds is 7. The molecule has 1 saturated heterocycles. The minimum atomic E-state index is -0.880. The fourth-order valence-electron chi connectivity index (χ4n) is 3.51. The molecule has 162 valence electrons. The summed E-state index contributed by atoms with van der Waals surface area (Å²) < 4.78 is 32.9. The highest BCUT2D eigenvalue weighted by Crippen LogP contribution is 2.28. The molecular weight excluding hydrogens is 396 g/mol. The highest BCUT2D eigenvalue weighted by molar-refractivity contribution is 5.65. The zero-order valence-corrected chi connectivity index (χ0v) is 16.9. The lowest BCUT2D eigenvalue weighted by atomic mass is 9.96. The monoisotopic (exact) mass is 421 g/mol. The van der Waals surface area contributed by atoms with E-state index in [-0.39, 0.29) is 11.4 Å². The molecule has 0 bridgehead atoms. The molecule has 10 heteroatoms. The summed E-state index contributed by atoms with van der Waals surface area (Å²) in [6, 6.07) is 3.67. The predicted molar refractivity (Wildman–Crippen MR) is 108 cm³/mol. The molecule has 1 aromatic heterocycles. The standard InChI is InChI=1S/C20H25F2N5O3/c1-3-26(11-13-4-6-27(7-5-13)20(28)29)19-10-18(23-12-24-19)25-16-8-15(22)17(30-2)9-14(16)21/h8-10,12-13H,3-7,11H2,1-2H3,(H,28,29)(H,23,24,25). The first-order chi connectivity index (χ1) is 14.4. The summed E-state index contributed by atoms with van der Waals surface area (Å²) in [5.74, 6) is -0.176. The molecule has 1 amide bonds. The molecule has 1 fully saturated rings. The van der Waals surface area contributed by atoms with Crippen molar-refractivity contribution in [1.82, 2.24) is 14.9 Å². The van der Waals surface area contributed by atoms with E-state index in [4.69, 9.17) is 9.84 Å². The van der Waals surface area contributed by atoms with Crippen LogP contribution in [0.3, 0.4) is 0 Å². The topological polar surface area (TPSA) is 90.8 Å². The molecule has 0 unspecified atom stereocenters. The first kappa shape index (κ1) is 21.5. The first-order valence-corrected chi connectivity index (χ1v) is 9.76. The van der Waals surface area contributed by atoms with Gasteiger partial charge in [0.1, 0.15) is 18.0 Å². The Balaban J connectivity index is 1.69. The van der Waals surface area contributed by atoms with Gasteiger partial charge in [-0.3, -0.25) is 0 Å². The highest BCUT2D eigenvalue weighted by Gasteiger charge is 2.24. The molecule has 2 aromatic rings. The number of carbonyl (C=O) groups is 1. The largest absolute Gasteiger partial charge is 0.494 e. The third-order valence-corrected chi connectivity index (χ3v) is 5.23. The second kappa shape index (κ2) is 9.55. The van der Waals surface area contributed by atoms with E-state index in [0.717, 1.165) is 31.5 Å². The van der Waals surface area contributed by atoms with Crippen LogP contribution in [0.2, 0.25) is 0 Å². The minimum absolute atomic E-state index is 0.0537. The van der Waals surface area contributed by atoms with Crippen molar-refractivity contribution < 1.29 is 23.4 Å². The number of halogens is 2. The number of amides is 1. The van der Waals surface area contributed by atoms with Gasteiger partial charge in [0.2, 0.25) is 0 Å². The molecule has 1 aliphatic heterocycles. The number of piperidine rings is 1. The lowest BCUT2D eigenvalue weighted by molar-refractivity contribution is 0.125. The zero-order valence-electron chi connectivity index (χ0n) is 16.9. The maximum Gasteiger partial charge on any atom is 0.407 e. The van der Waals surface area contributed by atoms with Crippen LogP contribution in [0.4, 0.5) is 30.9 Å². The van der Waals surface area contributed by atoms with E-state index >= 15 is 0 Å². The van der Waals surface area contributed by atoms with E-state index in [0.29, 0.717) is 37.2 Å². The average Bonchev–Trinajstić information content (AvgIpc) is 2.74. The predicted octanol–water partition coefficient (Wildman–Crippen LogP) is 3.72. The molecule has 0 spiro atoms. The molecule has 0 saturated carbocycles. The summed E-state index contributed by atoms with van der Waals surface area (Å²) in [6.07, 6.45) is 2.06. The number of anilines is 3. The fraction of sp³-hybridized carbons (Fsp3) is 0.450. The number of methoxy groups -OCH3 is 1. The average molecular weight is 421 g/mol. The molecule has 0 aliphatic carbocycles. The Bertz CT molecular complexity index is 891. The smallest absolute Gasteiger partial charge is 0.407 e. The molecule has 30 heavy (non-hydrogen) atoms. The van der Waals surface area contributed by atoms with Crippen LogP contribution in [0.15, 0.2) is 24.5 Å². The molecule has 2 N–H and O–H groups in total. The van der Waals surface area contributed by atoms with Gasteiger partial charge < -0.3 is 25.0 Å². The van der Waals surface area contributed by atoms with E-state index < -0.39 is 17.7 Å². The molecule has 3 rings (SSSR count). The molecule has 8 nitrogen and oxygen atoms in total. The van der Waals surface area contributed by atoms with Gasteiger partial charge in [0, 0.05) is 44.4 Å². The van der Waals surface area contributed by atoms with Crippen LogP contribution < -0.4 is 15.0 Å². The molecule has 1 aromatic carbocycles. The SMILES string of the molecule is CCN(CC1CCN(C(=O)O)CC1)c1cc(Nc2cc(F)c(OC)cc2F)ncn1. The number of hydrogen-bond acceptors (Lipinski definition) is 6. The number of carboxylic acid groups (broad SMARTS) is 1. The second-order valence-electron chi connectivity index (χ2n) is 7.10. The summed E-state index contributed by atoms with van der Waals surface area (Å²) in [6.45, 7) is 4.47. The number of likely N-dealkylation sites (tertiary alicyclic amines) is 1. The molecule has 2 heterocycles. The second-order valence-corrected chi connectivity index (χ2v) is 7.10. The van der Waals surface area contributed by atoms with E-state index in [2.05, 4.69) is 20.2 Å². The Hall–Kier alpha value is -3.17. The van der Waals surface area contributed by atoms with Gasteiger partial charge in [0.25, 0.3) is 0 Å². The Morgan fingerprint density at radius 1 is 1.27 bits per heavy atom. The van der Waals surface area contributed by atoms with Crippen molar-refractivity contribution in [3.05, 3.63) is 36.2 Å². The van der Waals surface area contributed by atoms with Crippen LogP contribution in [-0.4, -0.2) is 59.4 Å². The molecule has 0 radical (unpaired) electrons. The van der Waals surface area contributed by atoms with Gasteiger partial charge in [0.05, 0.1) is 12.8 Å². The van der Waals surface area contributed by atoms with Gasteiger partial charge in [-0.15, -0.1) is 0 Å². The van der Waals surface area contributed by atoms with Gasteiger partial charge in [-0.1, -0.05) is 0 Å². The summed E-state index contributed by atoms with van der Waals surface area (Å²) >= 11 is 0. The summed E-state index contributed by atoms with van der Waals surface area (Å²) in [4.78, 5) is 23.0. The van der Waals surface area contributed by atoms with Crippen molar-refractivity contribution in [3.63, 3.8) is 0 Å². The van der Waals surface area contributed by atoms with E-state index in [1.165, 1.54) is 18.3 Å². The quantitative estimate of drug-likeness (QED) is 0.704. The summed E-state index contributed by atoms with van der Waals surface area (Å²) in [5, 5.41) is 11.9. The normalized spacial score (nSPS) is 14.5. The summed E-state index contributed by atoms with van der Waals surface area (Å²) in [5.41, 5.74) is -0.0537. The van der Waals surface area contributed by atoms with Crippen LogP contribution in [0.1, 0.15) is 19.8 Å². The Morgan fingerprint density at radius 2 is 2.00 bits per heavy atom. The van der Waals surface area contributed by atoms with Crippen LogP contribution in [-0.2, 0) is 0 Å². The lowest BCUT2D eigenvalue weighted by Crippen LogP contribution is -2.41. The van der Waals surface area contributed by atoms with Crippen LogP contribution >= 0.6 is 0 Å². The van der Waals surface area contributed by atoms with E-state index in [1.54, 1.807) is 6.07 Å². The summed E-state index contributed by atoms with van der Waals surface area (Å²) in [7, 11) is 1.27. The van der Waals surface area contributed by atoms with Crippen molar-refractivity contribution in [2.24, 2.45) is 5.92 Å². The third-order valence-electron chi connectivity index (χ3n) is 5.23. The van der Waals surface area contributed by atoms with Gasteiger partial charge in [0.15, 0.2) is 17.4 Å². The lowest BCUT2D eigenvalue weighted by Gasteiger charge is -2.33. The zero-order chi connectivity index (χ0) is 21.7. The number of ether oxygens (including phenoxy) is 1. The maximum absolute atomic E-state index is 14.2. The van der Waals surface area contributed by atoms with Gasteiger partial charge >= 0.3 is 6.09 Å². The maximum atomic E-state index is 14.2. The molecule has 0 atom stereocenters. The first-order valence-electron chi connectivity index (χ1n) is 9.76. The van der Waals surface area contributed by atoms with Gasteiger partial charge in [-0.05, 0) is 25.7 Å². The van der Waals surface area contributed by atoms with E-state index in [9.17, 15) is 13.6 Å². The van der Waals surface area contributed by atoms with Crippen LogP contribution in [0, 0.1) is 17.6 Å². The van der Waals surface area contributed by atoms with Gasteiger partial charge in [-0.2, -0.15) is 0 Å². The van der Waals surface area contributed by atoms with Crippen molar-refractivity contribution in [2.75, 3.05) is 43.5 Å². The van der Waals surface area contributed by atoms with Crippen molar-refractivity contribution in [3.8, 4) is 5.75 Å². The number of nitrogens with one attached hydrogen (secondary N) is 1. The highest BCUT2D eigenvalue weighted by atomic mass is 19.1. The van der Waals surface area contributed by atoms with Gasteiger partial charge in [-0.25, -0.2) is 23.5 Å². The Labute approximate surface area is 173 Å².